The van der Waals surface area contributed by atoms with Crippen molar-refractivity contribution in [3.63, 3.8) is 0 Å². The summed E-state index contributed by atoms with van der Waals surface area (Å²) in [5, 5.41) is 0. The van der Waals surface area contributed by atoms with Crippen LogP contribution in [0.2, 0.25) is 0 Å². The van der Waals surface area contributed by atoms with Crippen molar-refractivity contribution in [2.75, 3.05) is 33.2 Å². The molecule has 3 rings (SSSR count). The van der Waals surface area contributed by atoms with Gasteiger partial charge in [-0.15, -0.1) is 0 Å². The zero-order valence-corrected chi connectivity index (χ0v) is 12.1. The molecule has 0 unspecified atom stereocenters. The molecule has 1 aromatic rings. The Hall–Kier alpha value is -1.49. The zero-order chi connectivity index (χ0) is 14.0. The van der Waals surface area contributed by atoms with Crippen LogP contribution in [0.3, 0.4) is 0 Å². The highest BCUT2D eigenvalue weighted by Crippen LogP contribution is 2.32. The summed E-state index contributed by atoms with van der Waals surface area (Å²) < 4.78 is 7.79. The maximum absolute atomic E-state index is 11.5. The second-order valence-corrected chi connectivity index (χ2v) is 6.02. The number of carbonyl (C=O) groups is 1. The number of nitrogens with zero attached hydrogens (tertiary/aromatic N) is 3. The number of likely N-dealkylation sites (tertiary alicyclic amines) is 1. The standard InChI is InChI=1S/C15H23N3O2/c1-16-13-15(20-14(16)19)5-11-18(12-6-15)10-4-9-17-7-2-3-8-17/h2-3,7-8H,4-6,9-13H2,1H3. The van der Waals surface area contributed by atoms with Crippen molar-refractivity contribution < 1.29 is 9.53 Å². The van der Waals surface area contributed by atoms with Gasteiger partial charge in [0.1, 0.15) is 5.60 Å². The number of aromatic nitrogens is 1. The van der Waals surface area contributed by atoms with E-state index in [2.05, 4.69) is 34.0 Å². The molecule has 5 nitrogen and oxygen atoms in total. The normalized spacial score (nSPS) is 22.4. The minimum Gasteiger partial charge on any atom is -0.441 e. The summed E-state index contributed by atoms with van der Waals surface area (Å²) in [7, 11) is 1.82. The van der Waals surface area contributed by atoms with Crippen LogP contribution < -0.4 is 0 Å². The Morgan fingerprint density at radius 2 is 1.90 bits per heavy atom. The van der Waals surface area contributed by atoms with Crippen LogP contribution in [0, 0.1) is 0 Å². The van der Waals surface area contributed by atoms with Gasteiger partial charge in [0.15, 0.2) is 0 Å². The molecule has 0 aromatic carbocycles. The maximum Gasteiger partial charge on any atom is 0.410 e. The molecule has 0 N–H and O–H groups in total. The highest BCUT2D eigenvalue weighted by molar-refractivity contribution is 5.70. The van der Waals surface area contributed by atoms with Crippen LogP contribution in [-0.2, 0) is 11.3 Å². The van der Waals surface area contributed by atoms with Crippen molar-refractivity contribution in [2.45, 2.75) is 31.4 Å². The number of rotatable bonds is 4. The van der Waals surface area contributed by atoms with Gasteiger partial charge in [-0.25, -0.2) is 4.79 Å². The molecule has 2 saturated heterocycles. The molecule has 3 heterocycles. The Bertz CT molecular complexity index is 450. The molecule has 1 spiro atoms. The highest BCUT2D eigenvalue weighted by Gasteiger charge is 2.45. The summed E-state index contributed by atoms with van der Waals surface area (Å²) in [6.45, 7) is 5.02. The van der Waals surface area contributed by atoms with E-state index in [1.54, 1.807) is 4.90 Å². The molecular weight excluding hydrogens is 254 g/mol. The Morgan fingerprint density at radius 3 is 2.50 bits per heavy atom. The van der Waals surface area contributed by atoms with Gasteiger partial charge in [-0.05, 0) is 25.1 Å². The summed E-state index contributed by atoms with van der Waals surface area (Å²) in [5.41, 5.74) is -0.206. The van der Waals surface area contributed by atoms with Crippen molar-refractivity contribution in [2.24, 2.45) is 0 Å². The van der Waals surface area contributed by atoms with Gasteiger partial charge in [0, 0.05) is 51.9 Å². The van der Waals surface area contributed by atoms with Gasteiger partial charge in [0.2, 0.25) is 0 Å². The number of aryl methyl sites for hydroxylation is 1. The third-order valence-corrected chi connectivity index (χ3v) is 4.46. The van der Waals surface area contributed by atoms with E-state index in [-0.39, 0.29) is 11.7 Å². The summed E-state index contributed by atoms with van der Waals surface area (Å²) in [6.07, 6.45) is 7.16. The van der Waals surface area contributed by atoms with E-state index in [0.29, 0.717) is 0 Å². The van der Waals surface area contributed by atoms with Crippen LogP contribution in [0.5, 0.6) is 0 Å². The van der Waals surface area contributed by atoms with Crippen LogP contribution in [-0.4, -0.2) is 59.3 Å². The topological polar surface area (TPSA) is 37.7 Å². The summed E-state index contributed by atoms with van der Waals surface area (Å²) in [5.74, 6) is 0. The molecule has 0 bridgehead atoms. The van der Waals surface area contributed by atoms with Crippen molar-refractivity contribution in [3.8, 4) is 0 Å². The molecule has 0 saturated carbocycles. The predicted octanol–water partition coefficient (Wildman–Crippen LogP) is 1.79. The third-order valence-electron chi connectivity index (χ3n) is 4.46. The van der Waals surface area contributed by atoms with Gasteiger partial charge in [0.25, 0.3) is 0 Å². The Balaban J connectivity index is 1.41. The fourth-order valence-electron chi connectivity index (χ4n) is 3.23. The minimum atomic E-state index is -0.206. The van der Waals surface area contributed by atoms with Crippen LogP contribution in [0.25, 0.3) is 0 Å². The Morgan fingerprint density at radius 1 is 1.20 bits per heavy atom. The Labute approximate surface area is 120 Å². The first-order valence-corrected chi connectivity index (χ1v) is 7.44. The summed E-state index contributed by atoms with van der Waals surface area (Å²) >= 11 is 0. The lowest BCUT2D eigenvalue weighted by molar-refractivity contribution is 0.000375. The van der Waals surface area contributed by atoms with E-state index in [4.69, 9.17) is 4.74 Å². The molecule has 2 fully saturated rings. The number of hydrogen-bond donors (Lipinski definition) is 0. The molecule has 5 heteroatoms. The van der Waals surface area contributed by atoms with Gasteiger partial charge >= 0.3 is 6.09 Å². The van der Waals surface area contributed by atoms with Gasteiger partial charge in [-0.1, -0.05) is 0 Å². The number of ether oxygens (including phenoxy) is 1. The van der Waals surface area contributed by atoms with Crippen molar-refractivity contribution in [3.05, 3.63) is 24.5 Å². The van der Waals surface area contributed by atoms with Crippen molar-refractivity contribution in [1.82, 2.24) is 14.4 Å². The second-order valence-electron chi connectivity index (χ2n) is 6.02. The summed E-state index contributed by atoms with van der Waals surface area (Å²) in [4.78, 5) is 15.7. The SMILES string of the molecule is CN1CC2(CCN(CCCn3cccc3)CC2)OC1=O. The maximum atomic E-state index is 11.5. The largest absolute Gasteiger partial charge is 0.441 e. The van der Waals surface area contributed by atoms with Gasteiger partial charge in [-0.2, -0.15) is 0 Å². The fraction of sp³-hybridized carbons (Fsp3) is 0.667. The Kier molecular flexibility index (Phi) is 3.70. The van der Waals surface area contributed by atoms with Gasteiger partial charge < -0.3 is 19.1 Å². The third kappa shape index (κ3) is 2.82. The van der Waals surface area contributed by atoms with E-state index in [1.807, 2.05) is 7.05 Å². The molecule has 0 aliphatic carbocycles. The molecule has 20 heavy (non-hydrogen) atoms. The van der Waals surface area contributed by atoms with E-state index in [9.17, 15) is 4.79 Å². The van der Waals surface area contributed by atoms with Crippen LogP contribution in [0.1, 0.15) is 19.3 Å². The van der Waals surface area contributed by atoms with E-state index >= 15 is 0 Å². The van der Waals surface area contributed by atoms with Crippen LogP contribution in [0.4, 0.5) is 4.79 Å². The number of hydrogen-bond acceptors (Lipinski definition) is 3. The smallest absolute Gasteiger partial charge is 0.410 e. The van der Waals surface area contributed by atoms with E-state index in [0.717, 1.165) is 45.6 Å². The van der Waals surface area contributed by atoms with E-state index in [1.165, 1.54) is 6.42 Å². The average Bonchev–Trinajstić information content (AvgIpc) is 3.02. The van der Waals surface area contributed by atoms with Gasteiger partial charge in [-0.3, -0.25) is 0 Å². The molecular formula is C15H23N3O2. The first-order chi connectivity index (χ1) is 9.67. The van der Waals surface area contributed by atoms with Crippen molar-refractivity contribution in [1.29, 1.82) is 0 Å². The lowest BCUT2D eigenvalue weighted by Crippen LogP contribution is -2.46. The number of piperidine rings is 1. The second kappa shape index (κ2) is 5.48. The number of carbonyl (C=O) groups excluding carboxylic acids is 1. The molecule has 0 radical (unpaired) electrons. The zero-order valence-electron chi connectivity index (χ0n) is 12.1. The van der Waals surface area contributed by atoms with E-state index < -0.39 is 0 Å². The predicted molar refractivity (Wildman–Crippen MR) is 76.6 cm³/mol. The summed E-state index contributed by atoms with van der Waals surface area (Å²) in [6, 6.07) is 4.13. The average molecular weight is 277 g/mol. The molecule has 1 aromatic heterocycles. The molecule has 2 aliphatic rings. The molecule has 2 aliphatic heterocycles. The van der Waals surface area contributed by atoms with Crippen LogP contribution >= 0.6 is 0 Å². The molecule has 1 amide bonds. The van der Waals surface area contributed by atoms with Crippen molar-refractivity contribution >= 4 is 6.09 Å². The first-order valence-electron chi connectivity index (χ1n) is 7.44. The van der Waals surface area contributed by atoms with Gasteiger partial charge in [0.05, 0.1) is 6.54 Å². The fourth-order valence-corrected chi connectivity index (χ4v) is 3.23. The van der Waals surface area contributed by atoms with Crippen LogP contribution in [0.15, 0.2) is 24.5 Å². The number of likely N-dealkylation sites (N-methyl/N-ethyl adjacent to an activating group) is 1. The quantitative estimate of drug-likeness (QED) is 0.842. The highest BCUT2D eigenvalue weighted by atomic mass is 16.6. The molecule has 110 valence electrons. The number of amides is 1. The monoisotopic (exact) mass is 277 g/mol. The molecule has 0 atom stereocenters. The first kappa shape index (κ1) is 13.5. The lowest BCUT2D eigenvalue weighted by atomic mass is 9.91. The minimum absolute atomic E-state index is 0.161. The lowest BCUT2D eigenvalue weighted by Gasteiger charge is -2.37.